The molecule has 0 aromatic heterocycles. The highest BCUT2D eigenvalue weighted by Gasteiger charge is 2.32. The molecule has 1 unspecified atom stereocenters. The zero-order valence-electron chi connectivity index (χ0n) is 22.6. The normalized spacial score (nSPS) is 15.2. The summed E-state index contributed by atoms with van der Waals surface area (Å²) in [5, 5.41) is 12.4. The van der Waals surface area contributed by atoms with Gasteiger partial charge in [-0.3, -0.25) is 9.59 Å². The monoisotopic (exact) mass is 540 g/mol. The summed E-state index contributed by atoms with van der Waals surface area (Å²) in [6.45, 7) is 0.120. The number of ether oxygens (including phenoxy) is 1. The molecule has 1 atom stereocenters. The van der Waals surface area contributed by atoms with E-state index in [1.165, 1.54) is 4.90 Å². The van der Waals surface area contributed by atoms with Gasteiger partial charge in [0.15, 0.2) is 0 Å². The highest BCUT2D eigenvalue weighted by molar-refractivity contribution is 5.84. The van der Waals surface area contributed by atoms with Gasteiger partial charge in [-0.05, 0) is 40.2 Å². The maximum absolute atomic E-state index is 13.7. The predicted octanol–water partition coefficient (Wildman–Crippen LogP) is 5.84. The minimum Gasteiger partial charge on any atom is -0.480 e. The molecule has 7 nitrogen and oxygen atoms in total. The van der Waals surface area contributed by atoms with E-state index >= 15 is 0 Å². The van der Waals surface area contributed by atoms with Gasteiger partial charge in [0.05, 0.1) is 5.92 Å². The standard InChI is InChI=1S/C33H36N2O5/c36-31(37)21-35(20-24-12-2-1-3-13-24)32(38)25(18-23-10-4-5-11-23)19-34-33(39)40-22-30-28-16-8-6-14-26(28)27-15-7-9-17-29(27)30/h1-3,6-9,12-17,23,25,30H,4-5,10-11,18-22H2,(H,34,39)(H,36,37). The number of rotatable bonds is 11. The van der Waals surface area contributed by atoms with Crippen LogP contribution in [0.3, 0.4) is 0 Å². The van der Waals surface area contributed by atoms with E-state index in [2.05, 4.69) is 29.6 Å². The van der Waals surface area contributed by atoms with Gasteiger partial charge in [0.25, 0.3) is 0 Å². The van der Waals surface area contributed by atoms with Gasteiger partial charge in [-0.15, -0.1) is 0 Å². The minimum absolute atomic E-state index is 0.0500. The van der Waals surface area contributed by atoms with E-state index < -0.39 is 18.0 Å². The van der Waals surface area contributed by atoms with Gasteiger partial charge in [-0.2, -0.15) is 0 Å². The first-order valence-electron chi connectivity index (χ1n) is 14.1. The fraction of sp³-hybridized carbons (Fsp3) is 0.364. The molecule has 0 heterocycles. The number of carboxylic acid groups (broad SMARTS) is 1. The Labute approximate surface area is 235 Å². The third-order valence-corrected chi connectivity index (χ3v) is 8.13. The molecule has 0 bridgehead atoms. The van der Waals surface area contributed by atoms with Gasteiger partial charge >= 0.3 is 12.1 Å². The lowest BCUT2D eigenvalue weighted by molar-refractivity contribution is -0.147. The van der Waals surface area contributed by atoms with Gasteiger partial charge in [-0.1, -0.05) is 105 Å². The number of amides is 2. The van der Waals surface area contributed by atoms with Gasteiger partial charge in [0.2, 0.25) is 5.91 Å². The number of carboxylic acids is 1. The zero-order valence-corrected chi connectivity index (χ0v) is 22.6. The van der Waals surface area contributed by atoms with E-state index in [0.29, 0.717) is 12.3 Å². The number of carbonyl (C=O) groups is 3. The summed E-state index contributed by atoms with van der Waals surface area (Å²) in [5.74, 6) is -1.50. The molecule has 2 aliphatic rings. The van der Waals surface area contributed by atoms with Crippen LogP contribution in [-0.2, 0) is 20.9 Å². The Hall–Kier alpha value is -4.13. The Balaban J connectivity index is 1.24. The first kappa shape index (κ1) is 27.4. The van der Waals surface area contributed by atoms with E-state index in [0.717, 1.165) is 53.5 Å². The van der Waals surface area contributed by atoms with Crippen LogP contribution in [0, 0.1) is 11.8 Å². The van der Waals surface area contributed by atoms with Crippen molar-refractivity contribution in [3.8, 4) is 11.1 Å². The molecule has 1 fully saturated rings. The molecule has 1 saturated carbocycles. The van der Waals surface area contributed by atoms with Crippen molar-refractivity contribution in [3.63, 3.8) is 0 Å². The number of carbonyl (C=O) groups excluding carboxylic acids is 2. The van der Waals surface area contributed by atoms with Crippen molar-refractivity contribution in [1.82, 2.24) is 10.2 Å². The number of fused-ring (bicyclic) bond motifs is 3. The topological polar surface area (TPSA) is 95.9 Å². The fourth-order valence-corrected chi connectivity index (χ4v) is 6.21. The van der Waals surface area contributed by atoms with E-state index in [-0.39, 0.29) is 38.1 Å². The maximum Gasteiger partial charge on any atom is 0.407 e. The Morgan fingerprint density at radius 3 is 2.10 bits per heavy atom. The second-order valence-electron chi connectivity index (χ2n) is 10.9. The van der Waals surface area contributed by atoms with Crippen molar-refractivity contribution in [3.05, 3.63) is 95.6 Å². The second-order valence-corrected chi connectivity index (χ2v) is 10.9. The van der Waals surface area contributed by atoms with Crippen LogP contribution >= 0.6 is 0 Å². The number of nitrogens with one attached hydrogen (secondary N) is 1. The lowest BCUT2D eigenvalue weighted by Crippen LogP contribution is -2.44. The van der Waals surface area contributed by atoms with Crippen LogP contribution in [0.15, 0.2) is 78.9 Å². The molecule has 3 aromatic carbocycles. The molecule has 0 saturated heterocycles. The molecule has 2 aliphatic carbocycles. The van der Waals surface area contributed by atoms with E-state index in [9.17, 15) is 19.5 Å². The molecule has 40 heavy (non-hydrogen) atoms. The molecule has 2 amide bonds. The molecular formula is C33H36N2O5. The summed E-state index contributed by atoms with van der Waals surface area (Å²) < 4.78 is 5.69. The van der Waals surface area contributed by atoms with Crippen LogP contribution in [0.2, 0.25) is 0 Å². The zero-order chi connectivity index (χ0) is 27.9. The van der Waals surface area contributed by atoms with E-state index in [4.69, 9.17) is 4.74 Å². The first-order chi connectivity index (χ1) is 19.5. The number of alkyl carbamates (subject to hydrolysis) is 1. The molecule has 2 N–H and O–H groups in total. The molecular weight excluding hydrogens is 504 g/mol. The first-order valence-corrected chi connectivity index (χ1v) is 14.1. The number of hydrogen-bond acceptors (Lipinski definition) is 4. The summed E-state index contributed by atoms with van der Waals surface area (Å²) in [5.41, 5.74) is 5.45. The molecule has 5 rings (SSSR count). The van der Waals surface area contributed by atoms with Gasteiger partial charge in [0, 0.05) is 19.0 Å². The lowest BCUT2D eigenvalue weighted by Gasteiger charge is -2.28. The van der Waals surface area contributed by atoms with Crippen molar-refractivity contribution in [2.75, 3.05) is 19.7 Å². The van der Waals surface area contributed by atoms with Crippen LogP contribution in [0.1, 0.15) is 54.7 Å². The summed E-state index contributed by atoms with van der Waals surface area (Å²) in [4.78, 5) is 39.6. The molecule has 7 heteroatoms. The van der Waals surface area contributed by atoms with Crippen molar-refractivity contribution < 1.29 is 24.2 Å². The predicted molar refractivity (Wildman–Crippen MR) is 153 cm³/mol. The van der Waals surface area contributed by atoms with Crippen molar-refractivity contribution in [1.29, 1.82) is 0 Å². The smallest absolute Gasteiger partial charge is 0.407 e. The van der Waals surface area contributed by atoms with Gasteiger partial charge in [-0.25, -0.2) is 4.79 Å². The summed E-state index contributed by atoms with van der Waals surface area (Å²) in [6.07, 6.45) is 4.41. The van der Waals surface area contributed by atoms with Crippen LogP contribution in [-0.4, -0.2) is 47.7 Å². The molecule has 0 aliphatic heterocycles. The van der Waals surface area contributed by atoms with Crippen LogP contribution in [0.5, 0.6) is 0 Å². The Bertz CT molecular complexity index is 1290. The summed E-state index contributed by atoms with van der Waals surface area (Å²) in [6, 6.07) is 25.7. The third-order valence-electron chi connectivity index (χ3n) is 8.13. The number of hydrogen-bond donors (Lipinski definition) is 2. The third kappa shape index (κ3) is 6.53. The van der Waals surface area contributed by atoms with E-state index in [1.54, 1.807) is 0 Å². The number of nitrogens with zero attached hydrogens (tertiary/aromatic N) is 1. The average Bonchev–Trinajstić information content (AvgIpc) is 3.60. The molecule has 208 valence electrons. The second kappa shape index (κ2) is 12.8. The summed E-state index contributed by atoms with van der Waals surface area (Å²) >= 11 is 0. The molecule has 3 aromatic rings. The van der Waals surface area contributed by atoms with E-state index in [1.807, 2.05) is 54.6 Å². The average molecular weight is 541 g/mol. The highest BCUT2D eigenvalue weighted by atomic mass is 16.5. The largest absolute Gasteiger partial charge is 0.480 e. The summed E-state index contributed by atoms with van der Waals surface area (Å²) in [7, 11) is 0. The van der Waals surface area contributed by atoms with Crippen molar-refractivity contribution in [2.45, 2.75) is 44.6 Å². The van der Waals surface area contributed by atoms with Crippen molar-refractivity contribution >= 4 is 18.0 Å². The Kier molecular flexibility index (Phi) is 8.79. The quantitative estimate of drug-likeness (QED) is 0.319. The SMILES string of the molecule is O=C(O)CN(Cc1ccccc1)C(=O)C(CNC(=O)OCC1c2ccccc2-c2ccccc21)CC1CCCC1. The number of benzene rings is 3. The van der Waals surface area contributed by atoms with Crippen molar-refractivity contribution in [2.24, 2.45) is 11.8 Å². The van der Waals surface area contributed by atoms with Crippen LogP contribution < -0.4 is 5.32 Å². The number of aliphatic carboxylic acids is 1. The van der Waals surface area contributed by atoms with Gasteiger partial charge in [0.1, 0.15) is 13.2 Å². The molecule has 0 spiro atoms. The highest BCUT2D eigenvalue weighted by Crippen LogP contribution is 2.44. The molecule has 0 radical (unpaired) electrons. The van der Waals surface area contributed by atoms with Crippen LogP contribution in [0.4, 0.5) is 4.79 Å². The Morgan fingerprint density at radius 1 is 0.875 bits per heavy atom. The van der Waals surface area contributed by atoms with Crippen LogP contribution in [0.25, 0.3) is 11.1 Å². The Morgan fingerprint density at radius 2 is 1.48 bits per heavy atom. The maximum atomic E-state index is 13.7. The minimum atomic E-state index is -1.06. The lowest BCUT2D eigenvalue weighted by atomic mass is 9.92. The van der Waals surface area contributed by atoms with Gasteiger partial charge < -0.3 is 20.1 Å². The fourth-order valence-electron chi connectivity index (χ4n) is 6.21.